The quantitative estimate of drug-likeness (QED) is 0.202. The molecule has 0 aliphatic carbocycles. The van der Waals surface area contributed by atoms with Crippen LogP contribution >= 0.6 is 0 Å². The highest BCUT2D eigenvalue weighted by Crippen LogP contribution is 2.42. The smallest absolute Gasteiger partial charge is 0.189 e. The second-order valence-corrected chi connectivity index (χ2v) is 10.6. The van der Waals surface area contributed by atoms with Crippen molar-refractivity contribution in [3.8, 4) is 34.6 Å². The Labute approximate surface area is 252 Å². The minimum Gasteiger partial charge on any atom is -0.308 e. The Hall–Kier alpha value is -6.68. The highest BCUT2D eigenvalue weighted by molar-refractivity contribution is 6.12. The fourth-order valence-corrected chi connectivity index (χ4v) is 6.41. The summed E-state index contributed by atoms with van der Waals surface area (Å²) in [4.78, 5) is 8.53. The molecule has 6 heteroatoms. The lowest BCUT2D eigenvalue weighted by Crippen LogP contribution is -2.05. The Kier molecular flexibility index (Phi) is 5.53. The molecule has 6 nitrogen and oxygen atoms in total. The molecule has 0 bridgehead atoms. The van der Waals surface area contributed by atoms with Gasteiger partial charge in [-0.15, -0.1) is 0 Å². The van der Waals surface area contributed by atoms with E-state index in [1.165, 1.54) is 0 Å². The van der Waals surface area contributed by atoms with Gasteiger partial charge in [0.2, 0.25) is 0 Å². The van der Waals surface area contributed by atoms with Crippen molar-refractivity contribution in [2.24, 2.45) is 0 Å². The van der Waals surface area contributed by atoms with Gasteiger partial charge in [-0.1, -0.05) is 66.7 Å². The molecule has 0 saturated carbocycles. The van der Waals surface area contributed by atoms with E-state index in [1.807, 2.05) is 91.3 Å². The fourth-order valence-electron chi connectivity index (χ4n) is 6.41. The molecular formula is C38H20N6. The largest absolute Gasteiger partial charge is 0.308 e. The Morgan fingerprint density at radius 3 is 1.77 bits per heavy atom. The number of hydrogen-bond acceptors (Lipinski definition) is 3. The van der Waals surface area contributed by atoms with Crippen LogP contribution in [0.2, 0.25) is 0 Å². The number of fused-ring (bicyclic) bond motifs is 6. The number of para-hydroxylation sites is 2. The average Bonchev–Trinajstić information content (AvgIpc) is 3.59. The van der Waals surface area contributed by atoms with Crippen LogP contribution in [-0.4, -0.2) is 14.1 Å². The minimum absolute atomic E-state index is 0.544. The summed E-state index contributed by atoms with van der Waals surface area (Å²) in [5, 5.41) is 23.9. The molecule has 0 radical (unpaired) electrons. The molecule has 0 aliphatic rings. The van der Waals surface area contributed by atoms with Crippen LogP contribution in [-0.2, 0) is 0 Å². The summed E-state index contributed by atoms with van der Waals surface area (Å²) in [6.07, 6.45) is 3.70. The molecule has 0 N–H and O–H groups in total. The first-order valence-corrected chi connectivity index (χ1v) is 14.0. The van der Waals surface area contributed by atoms with Crippen molar-refractivity contribution >= 4 is 49.3 Å². The normalized spacial score (nSPS) is 11.1. The maximum Gasteiger partial charge on any atom is 0.189 e. The monoisotopic (exact) mass is 560 g/mol. The summed E-state index contributed by atoms with van der Waals surface area (Å²) in [5.74, 6) is 0. The van der Waals surface area contributed by atoms with Gasteiger partial charge in [0.25, 0.3) is 0 Å². The Morgan fingerprint density at radius 1 is 0.568 bits per heavy atom. The number of aromatic nitrogens is 3. The first-order chi connectivity index (χ1) is 21.7. The number of pyridine rings is 1. The highest BCUT2D eigenvalue weighted by atomic mass is 15.0. The van der Waals surface area contributed by atoms with Crippen LogP contribution in [0.1, 0.15) is 11.1 Å². The lowest BCUT2D eigenvalue weighted by Gasteiger charge is -2.19. The predicted octanol–water partition coefficient (Wildman–Crippen LogP) is 9.24. The summed E-state index contributed by atoms with van der Waals surface area (Å²) < 4.78 is 4.33. The zero-order valence-corrected chi connectivity index (χ0v) is 23.2. The average molecular weight is 561 g/mol. The second-order valence-electron chi connectivity index (χ2n) is 10.6. The van der Waals surface area contributed by atoms with Crippen molar-refractivity contribution in [3.05, 3.63) is 144 Å². The molecule has 0 saturated heterocycles. The minimum atomic E-state index is 0.544. The van der Waals surface area contributed by atoms with Gasteiger partial charge in [-0.05, 0) is 48.0 Å². The summed E-state index contributed by atoms with van der Waals surface area (Å²) in [7, 11) is 0. The van der Waals surface area contributed by atoms with Gasteiger partial charge in [0.05, 0.1) is 70.2 Å². The lowest BCUT2D eigenvalue weighted by atomic mass is 10.0. The molecular weight excluding hydrogens is 540 g/mol. The van der Waals surface area contributed by atoms with E-state index in [-0.39, 0.29) is 0 Å². The van der Waals surface area contributed by atoms with E-state index in [0.29, 0.717) is 16.8 Å². The van der Waals surface area contributed by atoms with Crippen LogP contribution in [0.5, 0.6) is 0 Å². The van der Waals surface area contributed by atoms with Gasteiger partial charge in [0.1, 0.15) is 0 Å². The molecule has 44 heavy (non-hydrogen) atoms. The van der Waals surface area contributed by atoms with Crippen molar-refractivity contribution in [1.29, 1.82) is 10.5 Å². The van der Waals surface area contributed by atoms with Crippen molar-refractivity contribution in [3.63, 3.8) is 0 Å². The van der Waals surface area contributed by atoms with Crippen LogP contribution in [0.4, 0.5) is 5.69 Å². The number of nitriles is 2. The van der Waals surface area contributed by atoms with Crippen molar-refractivity contribution < 1.29 is 0 Å². The Morgan fingerprint density at radius 2 is 1.14 bits per heavy atom. The third kappa shape index (κ3) is 3.61. The standard InChI is InChI=1S/C38H20N6/c1-41-27-14-16-31-29-10-3-5-12-33(29)44(35(31)19-27)37-23-42-22-36(38(37)26-8-6-7-24(17-26)20-39)43-32-11-4-2-9-28(32)30-15-13-25(21-40)18-34(30)43/h2-19,22-23H. The molecule has 202 valence electrons. The lowest BCUT2D eigenvalue weighted by molar-refractivity contribution is 1.09. The van der Waals surface area contributed by atoms with E-state index in [9.17, 15) is 10.5 Å². The van der Waals surface area contributed by atoms with E-state index < -0.39 is 0 Å². The Balaban J connectivity index is 1.58. The van der Waals surface area contributed by atoms with Crippen LogP contribution in [0.3, 0.4) is 0 Å². The molecule has 0 unspecified atom stereocenters. The van der Waals surface area contributed by atoms with Crippen LogP contribution in [0.15, 0.2) is 122 Å². The van der Waals surface area contributed by atoms with E-state index in [0.717, 1.165) is 66.1 Å². The Bertz CT molecular complexity index is 2450. The summed E-state index contributed by atoms with van der Waals surface area (Å²) >= 11 is 0. The zero-order chi connectivity index (χ0) is 29.8. The SMILES string of the molecule is [C-]#[N+]c1ccc2c3ccccc3n(-c3cncc(-n4c5ccccc5c5ccc(C#N)cc54)c3-c3cccc(C#N)c3)c2c1. The van der Waals surface area contributed by atoms with Gasteiger partial charge >= 0.3 is 0 Å². The molecule has 0 spiro atoms. The first-order valence-electron chi connectivity index (χ1n) is 14.0. The zero-order valence-electron chi connectivity index (χ0n) is 23.2. The molecule has 5 aromatic carbocycles. The molecule has 3 heterocycles. The number of benzene rings is 5. The fraction of sp³-hybridized carbons (Fsp3) is 0. The van der Waals surface area contributed by atoms with E-state index in [4.69, 9.17) is 11.6 Å². The molecule has 0 aliphatic heterocycles. The second kappa shape index (κ2) is 9.71. The highest BCUT2D eigenvalue weighted by Gasteiger charge is 2.22. The van der Waals surface area contributed by atoms with Crippen molar-refractivity contribution in [1.82, 2.24) is 14.1 Å². The first kappa shape index (κ1) is 25.1. The molecule has 0 atom stereocenters. The van der Waals surface area contributed by atoms with Crippen LogP contribution in [0.25, 0.3) is 71.0 Å². The predicted molar refractivity (Wildman–Crippen MR) is 174 cm³/mol. The summed E-state index contributed by atoms with van der Waals surface area (Å²) in [6.45, 7) is 7.71. The van der Waals surface area contributed by atoms with E-state index >= 15 is 0 Å². The molecule has 8 aromatic rings. The number of nitrogens with zero attached hydrogens (tertiary/aromatic N) is 6. The van der Waals surface area contributed by atoms with Gasteiger partial charge in [-0.3, -0.25) is 4.98 Å². The third-order valence-electron chi connectivity index (χ3n) is 8.26. The maximum atomic E-state index is 9.86. The van der Waals surface area contributed by atoms with Crippen LogP contribution in [0, 0.1) is 29.2 Å². The molecule has 3 aromatic heterocycles. The van der Waals surface area contributed by atoms with Crippen molar-refractivity contribution in [2.75, 3.05) is 0 Å². The van der Waals surface area contributed by atoms with Crippen LogP contribution < -0.4 is 0 Å². The van der Waals surface area contributed by atoms with Gasteiger partial charge in [-0.2, -0.15) is 10.5 Å². The van der Waals surface area contributed by atoms with Gasteiger partial charge in [-0.25, -0.2) is 4.85 Å². The molecule has 0 amide bonds. The maximum absolute atomic E-state index is 9.86. The topological polar surface area (TPSA) is 74.7 Å². The number of rotatable bonds is 3. The van der Waals surface area contributed by atoms with E-state index in [2.05, 4.69) is 50.4 Å². The third-order valence-corrected chi connectivity index (χ3v) is 8.26. The molecule has 0 fully saturated rings. The van der Waals surface area contributed by atoms with Gasteiger partial charge in [0.15, 0.2) is 5.69 Å². The van der Waals surface area contributed by atoms with Crippen molar-refractivity contribution in [2.45, 2.75) is 0 Å². The summed E-state index contributed by atoms with van der Waals surface area (Å²) in [5.41, 5.74) is 8.75. The van der Waals surface area contributed by atoms with Gasteiger partial charge in [0, 0.05) is 32.6 Å². The number of hydrogen-bond donors (Lipinski definition) is 0. The van der Waals surface area contributed by atoms with E-state index in [1.54, 1.807) is 6.07 Å². The summed E-state index contributed by atoms with van der Waals surface area (Å²) in [6, 6.07) is 40.1. The van der Waals surface area contributed by atoms with Gasteiger partial charge < -0.3 is 9.13 Å². The molecule has 8 rings (SSSR count).